The molecule has 3 aromatic rings. The van der Waals surface area contributed by atoms with Crippen LogP contribution in [-0.4, -0.2) is 79.9 Å². The number of hydrogen-bond donors (Lipinski definition) is 2. The highest BCUT2D eigenvalue weighted by Crippen LogP contribution is 2.42. The molecule has 0 spiro atoms. The Labute approximate surface area is 241 Å². The van der Waals surface area contributed by atoms with E-state index in [1.165, 1.54) is 37.0 Å². The molecule has 1 aliphatic rings. The minimum atomic E-state index is -4.71. The van der Waals surface area contributed by atoms with Crippen molar-refractivity contribution in [2.45, 2.75) is 70.5 Å². The van der Waals surface area contributed by atoms with Crippen LogP contribution in [-0.2, 0) is 4.74 Å². The Balaban J connectivity index is 1.66. The molecule has 3 aromatic heterocycles. The van der Waals surface area contributed by atoms with Crippen molar-refractivity contribution in [2.24, 2.45) is 5.41 Å². The van der Waals surface area contributed by atoms with E-state index in [9.17, 15) is 35.9 Å². The maximum Gasteiger partial charge on any atom is 0.413 e. The molecule has 0 radical (unpaired) electrons. The molecule has 1 fully saturated rings. The number of urea groups is 1. The largest absolute Gasteiger partial charge is 0.413 e. The summed E-state index contributed by atoms with van der Waals surface area (Å²) in [6, 6.07) is -1.47. The average molecular weight is 621 g/mol. The zero-order chi connectivity index (χ0) is 32.0. The highest BCUT2D eigenvalue weighted by Gasteiger charge is 2.58. The van der Waals surface area contributed by atoms with Crippen LogP contribution in [0.4, 0.5) is 31.1 Å². The maximum atomic E-state index is 13.6. The summed E-state index contributed by atoms with van der Waals surface area (Å²) >= 11 is 0. The number of halogens is 6. The number of fused-ring (bicyclic) bond motifs is 1. The van der Waals surface area contributed by atoms with Gasteiger partial charge in [-0.05, 0) is 37.9 Å². The Kier molecular flexibility index (Phi) is 8.38. The number of nitrogens with zero attached hydrogens (tertiary/aromatic N) is 6. The number of imidazole rings is 1. The van der Waals surface area contributed by atoms with Gasteiger partial charge in [-0.15, -0.1) is 0 Å². The first-order valence-electron chi connectivity index (χ1n) is 13.0. The first-order chi connectivity index (χ1) is 19.9. The van der Waals surface area contributed by atoms with Gasteiger partial charge in [0.2, 0.25) is 0 Å². The van der Waals surface area contributed by atoms with Gasteiger partial charge in [0.25, 0.3) is 5.91 Å². The topological polar surface area (TPSA) is 140 Å². The van der Waals surface area contributed by atoms with Crippen molar-refractivity contribution in [1.29, 1.82) is 0 Å². The fourth-order valence-corrected chi connectivity index (χ4v) is 4.56. The Morgan fingerprint density at radius 2 is 1.93 bits per heavy atom. The molecule has 4 rings (SSSR count). The SMILES string of the molecule is COC[C@H](c1cnn2cc([C@H](CCC(C)(C)C(F)(F)F)NC(=O)c3nonc3C)nc2c1)N1CC(C)(C(F)(F)F)NC1=O. The molecule has 18 heteroatoms. The summed E-state index contributed by atoms with van der Waals surface area (Å²) in [4.78, 5) is 30.9. The van der Waals surface area contributed by atoms with Crippen LogP contribution in [0, 0.1) is 12.3 Å². The van der Waals surface area contributed by atoms with Crippen molar-refractivity contribution in [3.05, 3.63) is 41.1 Å². The third-order valence-electron chi connectivity index (χ3n) is 7.56. The number of hydrogen-bond acceptors (Lipinski definition) is 8. The van der Waals surface area contributed by atoms with Crippen LogP contribution in [0.15, 0.2) is 23.1 Å². The summed E-state index contributed by atoms with van der Waals surface area (Å²) in [5, 5.41) is 15.9. The average Bonchev–Trinajstić information content (AvgIpc) is 3.60. The van der Waals surface area contributed by atoms with Crippen molar-refractivity contribution < 1.29 is 45.3 Å². The van der Waals surface area contributed by atoms with Gasteiger partial charge in [0.1, 0.15) is 5.69 Å². The molecule has 1 aliphatic heterocycles. The molecule has 1 unspecified atom stereocenters. The van der Waals surface area contributed by atoms with Gasteiger partial charge < -0.3 is 20.3 Å². The van der Waals surface area contributed by atoms with Crippen LogP contribution < -0.4 is 10.6 Å². The normalized spacial score (nSPS) is 19.5. The van der Waals surface area contributed by atoms with Gasteiger partial charge in [-0.3, -0.25) is 4.79 Å². The molecule has 4 heterocycles. The maximum absolute atomic E-state index is 13.6. The molecule has 0 aromatic carbocycles. The summed E-state index contributed by atoms with van der Waals surface area (Å²) in [7, 11) is 1.32. The van der Waals surface area contributed by atoms with Gasteiger partial charge in [0, 0.05) is 12.7 Å². The predicted molar refractivity (Wildman–Crippen MR) is 136 cm³/mol. The van der Waals surface area contributed by atoms with Crippen molar-refractivity contribution in [3.63, 3.8) is 0 Å². The van der Waals surface area contributed by atoms with Gasteiger partial charge in [0.15, 0.2) is 16.9 Å². The smallest absolute Gasteiger partial charge is 0.382 e. The van der Waals surface area contributed by atoms with Crippen LogP contribution >= 0.6 is 0 Å². The van der Waals surface area contributed by atoms with Crippen LogP contribution in [0.2, 0.25) is 0 Å². The first-order valence-corrected chi connectivity index (χ1v) is 13.0. The summed E-state index contributed by atoms with van der Waals surface area (Å²) in [5.41, 5.74) is -3.91. The molecule has 12 nitrogen and oxygen atoms in total. The third-order valence-corrected chi connectivity index (χ3v) is 7.56. The quantitative estimate of drug-likeness (QED) is 0.320. The molecule has 1 saturated heterocycles. The van der Waals surface area contributed by atoms with E-state index in [-0.39, 0.29) is 42.2 Å². The van der Waals surface area contributed by atoms with Crippen LogP contribution in [0.1, 0.15) is 73.1 Å². The van der Waals surface area contributed by atoms with Gasteiger partial charge in [-0.25, -0.2) is 18.9 Å². The van der Waals surface area contributed by atoms with Gasteiger partial charge in [-0.1, -0.05) is 19.0 Å². The lowest BCUT2D eigenvalue weighted by atomic mass is 9.85. The van der Waals surface area contributed by atoms with E-state index in [2.05, 4.69) is 30.3 Å². The first kappa shape index (κ1) is 32.0. The molecule has 3 amide bonds. The number of nitrogens with one attached hydrogen (secondary N) is 2. The Hall–Kier alpha value is -3.96. The molecule has 3 atom stereocenters. The summed E-state index contributed by atoms with van der Waals surface area (Å²) in [6.07, 6.45) is -7.03. The molecule has 236 valence electrons. The Bertz CT molecular complexity index is 1490. The van der Waals surface area contributed by atoms with Crippen LogP contribution in [0.5, 0.6) is 0 Å². The second-order valence-electron chi connectivity index (χ2n) is 11.3. The highest BCUT2D eigenvalue weighted by atomic mass is 19.4. The predicted octanol–water partition coefficient (Wildman–Crippen LogP) is 4.29. The third kappa shape index (κ3) is 6.37. The van der Waals surface area contributed by atoms with E-state index in [1.54, 1.807) is 0 Å². The lowest BCUT2D eigenvalue weighted by Crippen LogP contribution is -2.53. The van der Waals surface area contributed by atoms with Crippen molar-refractivity contribution in [3.8, 4) is 0 Å². The van der Waals surface area contributed by atoms with E-state index >= 15 is 0 Å². The monoisotopic (exact) mass is 620 g/mol. The van der Waals surface area contributed by atoms with E-state index < -0.39 is 53.9 Å². The lowest BCUT2D eigenvalue weighted by molar-refractivity contribution is -0.214. The van der Waals surface area contributed by atoms with Gasteiger partial charge in [0.05, 0.1) is 48.7 Å². The number of methoxy groups -OCH3 is 1. The summed E-state index contributed by atoms with van der Waals surface area (Å²) in [6.45, 7) is 3.59. The number of carbonyl (C=O) groups is 2. The fourth-order valence-electron chi connectivity index (χ4n) is 4.56. The zero-order valence-corrected chi connectivity index (χ0v) is 23.8. The number of aryl methyl sites for hydroxylation is 1. The number of aromatic nitrogens is 5. The number of alkyl halides is 6. The minimum Gasteiger partial charge on any atom is -0.382 e. The van der Waals surface area contributed by atoms with E-state index in [4.69, 9.17) is 4.74 Å². The van der Waals surface area contributed by atoms with E-state index in [0.29, 0.717) is 5.56 Å². The van der Waals surface area contributed by atoms with E-state index in [0.717, 1.165) is 25.7 Å². The molecule has 43 heavy (non-hydrogen) atoms. The molecule has 0 aliphatic carbocycles. The van der Waals surface area contributed by atoms with Gasteiger partial charge >= 0.3 is 18.4 Å². The van der Waals surface area contributed by atoms with Crippen LogP contribution in [0.3, 0.4) is 0 Å². The van der Waals surface area contributed by atoms with Gasteiger partial charge in [-0.2, -0.15) is 31.4 Å². The lowest BCUT2D eigenvalue weighted by Gasteiger charge is -2.29. The highest BCUT2D eigenvalue weighted by molar-refractivity contribution is 5.93. The molecular formula is C25H30F6N8O4. The summed E-state index contributed by atoms with van der Waals surface area (Å²) < 4.78 is 92.7. The second kappa shape index (κ2) is 11.3. The number of amides is 3. The fraction of sp³-hybridized carbons (Fsp3) is 0.600. The second-order valence-corrected chi connectivity index (χ2v) is 11.3. The number of ether oxygens (including phenoxy) is 1. The minimum absolute atomic E-state index is 0.151. The number of carbonyl (C=O) groups excluding carboxylic acids is 2. The standard InChI is InChI=1S/C25H30F6N8O4/c1-13-19(37-43-36-13)20(40)34-15(6-7-22(2,3)24(26,27)28)16-10-39-18(33-16)8-14(9-32-39)17(11-42-5)38-12-23(4,25(29,30)31)35-21(38)41/h8-10,15,17H,6-7,11-12H2,1-5H3,(H,34,40)(H,35,41)/t15-,17+,23?/m0/s1. The number of rotatable bonds is 10. The van der Waals surface area contributed by atoms with E-state index in [1.807, 2.05) is 5.32 Å². The Morgan fingerprint density at radius 3 is 2.49 bits per heavy atom. The van der Waals surface area contributed by atoms with Crippen molar-refractivity contribution in [1.82, 2.24) is 40.4 Å². The molecule has 2 N–H and O–H groups in total. The van der Waals surface area contributed by atoms with Crippen molar-refractivity contribution >= 4 is 17.6 Å². The molecule has 0 saturated carbocycles. The zero-order valence-electron chi connectivity index (χ0n) is 23.8. The Morgan fingerprint density at radius 1 is 1.23 bits per heavy atom. The van der Waals surface area contributed by atoms with Crippen molar-refractivity contribution in [2.75, 3.05) is 20.3 Å². The summed E-state index contributed by atoms with van der Waals surface area (Å²) in [5.74, 6) is -0.743. The molecule has 0 bridgehead atoms. The van der Waals surface area contributed by atoms with Crippen LogP contribution in [0.25, 0.3) is 5.65 Å². The molecular weight excluding hydrogens is 590 g/mol.